The van der Waals surface area contributed by atoms with Crippen LogP contribution in [0.3, 0.4) is 0 Å². The molecule has 2 aromatic heterocycles. The van der Waals surface area contributed by atoms with E-state index in [1.807, 2.05) is 18.5 Å². The van der Waals surface area contributed by atoms with Crippen LogP contribution in [-0.4, -0.2) is 32.6 Å². The summed E-state index contributed by atoms with van der Waals surface area (Å²) in [7, 11) is 1.37. The molecule has 4 rings (SSSR count). The van der Waals surface area contributed by atoms with Gasteiger partial charge in [0.15, 0.2) is 17.0 Å². The molecule has 0 spiro atoms. The normalized spacial score (nSPS) is 14.6. The number of fused-ring (bicyclic) bond motifs is 1. The fourth-order valence-corrected chi connectivity index (χ4v) is 3.69. The molecule has 8 heteroatoms. The molecule has 0 aliphatic heterocycles. The molecule has 27 heavy (non-hydrogen) atoms. The number of carbonyl (C=O) groups is 1. The number of hydrogen-bond acceptors (Lipinski definition) is 6. The van der Waals surface area contributed by atoms with Crippen LogP contribution in [0, 0.1) is 0 Å². The van der Waals surface area contributed by atoms with Crippen molar-refractivity contribution in [2.24, 2.45) is 0 Å². The minimum Gasteiger partial charge on any atom is -0.465 e. The van der Waals surface area contributed by atoms with E-state index < -0.39 is 0 Å². The van der Waals surface area contributed by atoms with E-state index in [2.05, 4.69) is 24.8 Å². The van der Waals surface area contributed by atoms with Gasteiger partial charge in [0.25, 0.3) is 0 Å². The highest BCUT2D eigenvalue weighted by Gasteiger charge is 2.21. The fourth-order valence-electron chi connectivity index (χ4n) is 3.53. The Labute approximate surface area is 161 Å². The molecule has 1 N–H and O–H groups in total. The van der Waals surface area contributed by atoms with Crippen LogP contribution >= 0.6 is 11.6 Å². The zero-order valence-electron chi connectivity index (χ0n) is 15.0. The summed E-state index contributed by atoms with van der Waals surface area (Å²) in [4.78, 5) is 24.7. The highest BCUT2D eigenvalue weighted by Crippen LogP contribution is 2.33. The molecule has 0 saturated heterocycles. The van der Waals surface area contributed by atoms with Crippen LogP contribution in [0.4, 0.5) is 5.82 Å². The third-order valence-corrected chi connectivity index (χ3v) is 5.12. The first-order chi connectivity index (χ1) is 13.2. The van der Waals surface area contributed by atoms with Crippen molar-refractivity contribution in [3.63, 3.8) is 0 Å². The predicted octanol–water partition coefficient (Wildman–Crippen LogP) is 3.99. The fraction of sp³-hybridized carbons (Fsp3) is 0.368. The molecule has 0 unspecified atom stereocenters. The standard InChI is InChI=1S/C19H20ClN5O2/c1-27-18(26)13-8-6-12(7-9-13)10-21-16-15-17(24-19(20)23-16)25(11-22-15)14-4-2-3-5-14/h6-9,11,14H,2-5,10H2,1H3,(H,21,23,24). The van der Waals surface area contributed by atoms with Crippen LogP contribution in [0.25, 0.3) is 11.2 Å². The Hall–Kier alpha value is -2.67. The topological polar surface area (TPSA) is 81.9 Å². The second-order valence-corrected chi connectivity index (χ2v) is 6.98. The summed E-state index contributed by atoms with van der Waals surface area (Å²) in [6.45, 7) is 0.528. The van der Waals surface area contributed by atoms with E-state index >= 15 is 0 Å². The zero-order chi connectivity index (χ0) is 18.8. The van der Waals surface area contributed by atoms with Crippen molar-refractivity contribution in [3.05, 3.63) is 47.0 Å². The number of hydrogen-bond donors (Lipinski definition) is 1. The van der Waals surface area contributed by atoms with Crippen molar-refractivity contribution in [3.8, 4) is 0 Å². The number of anilines is 1. The van der Waals surface area contributed by atoms with Gasteiger partial charge in [-0.3, -0.25) is 0 Å². The summed E-state index contributed by atoms with van der Waals surface area (Å²) < 4.78 is 6.83. The van der Waals surface area contributed by atoms with Gasteiger partial charge in [-0.05, 0) is 42.1 Å². The summed E-state index contributed by atoms with van der Waals surface area (Å²) in [5, 5.41) is 3.48. The lowest BCUT2D eigenvalue weighted by atomic mass is 10.1. The minimum atomic E-state index is -0.351. The number of benzene rings is 1. The summed E-state index contributed by atoms with van der Waals surface area (Å²) in [6, 6.07) is 7.65. The van der Waals surface area contributed by atoms with Gasteiger partial charge < -0.3 is 14.6 Å². The second kappa shape index (κ2) is 7.52. The van der Waals surface area contributed by atoms with Crippen molar-refractivity contribution in [1.29, 1.82) is 0 Å². The molecule has 1 aromatic carbocycles. The van der Waals surface area contributed by atoms with Crippen LogP contribution in [0.5, 0.6) is 0 Å². The summed E-state index contributed by atoms with van der Waals surface area (Å²) in [6.07, 6.45) is 6.58. The quantitative estimate of drug-likeness (QED) is 0.528. The van der Waals surface area contributed by atoms with Crippen LogP contribution in [0.2, 0.25) is 5.28 Å². The molecule has 1 saturated carbocycles. The first kappa shape index (κ1) is 17.7. The maximum Gasteiger partial charge on any atom is 0.337 e. The van der Waals surface area contributed by atoms with Crippen LogP contribution in [0.1, 0.15) is 47.6 Å². The van der Waals surface area contributed by atoms with E-state index in [-0.39, 0.29) is 11.3 Å². The minimum absolute atomic E-state index is 0.200. The number of esters is 1. The van der Waals surface area contributed by atoms with E-state index in [0.29, 0.717) is 24.0 Å². The van der Waals surface area contributed by atoms with Crippen molar-refractivity contribution in [1.82, 2.24) is 19.5 Å². The summed E-state index contributed by atoms with van der Waals surface area (Å²) >= 11 is 6.16. The summed E-state index contributed by atoms with van der Waals surface area (Å²) in [5.74, 6) is 0.259. The van der Waals surface area contributed by atoms with Crippen molar-refractivity contribution in [2.45, 2.75) is 38.3 Å². The predicted molar refractivity (Wildman–Crippen MR) is 103 cm³/mol. The lowest BCUT2D eigenvalue weighted by molar-refractivity contribution is 0.0600. The highest BCUT2D eigenvalue weighted by molar-refractivity contribution is 6.28. The average Bonchev–Trinajstić information content (AvgIpc) is 3.35. The van der Waals surface area contributed by atoms with Crippen LogP contribution in [0.15, 0.2) is 30.6 Å². The Morgan fingerprint density at radius 2 is 2.00 bits per heavy atom. The number of aromatic nitrogens is 4. The van der Waals surface area contributed by atoms with Gasteiger partial charge in [0, 0.05) is 12.6 Å². The third-order valence-electron chi connectivity index (χ3n) is 4.95. The first-order valence-electron chi connectivity index (χ1n) is 8.97. The zero-order valence-corrected chi connectivity index (χ0v) is 15.7. The lowest BCUT2D eigenvalue weighted by Crippen LogP contribution is -2.07. The molecule has 1 aliphatic rings. The highest BCUT2D eigenvalue weighted by atomic mass is 35.5. The van der Waals surface area contributed by atoms with Gasteiger partial charge in [-0.25, -0.2) is 9.78 Å². The van der Waals surface area contributed by atoms with E-state index in [4.69, 9.17) is 16.3 Å². The first-order valence-corrected chi connectivity index (χ1v) is 9.34. The Morgan fingerprint density at radius 3 is 2.70 bits per heavy atom. The van der Waals surface area contributed by atoms with E-state index in [1.165, 1.54) is 20.0 Å². The number of methoxy groups -OCH3 is 1. The molecule has 1 fully saturated rings. The molecule has 0 amide bonds. The largest absolute Gasteiger partial charge is 0.465 e. The number of halogens is 1. The summed E-state index contributed by atoms with van der Waals surface area (Å²) in [5.41, 5.74) is 3.01. The third kappa shape index (κ3) is 3.60. The molecular formula is C19H20ClN5O2. The number of carbonyl (C=O) groups excluding carboxylic acids is 1. The maximum atomic E-state index is 11.5. The molecular weight excluding hydrogens is 366 g/mol. The van der Waals surface area contributed by atoms with Gasteiger partial charge in [0.1, 0.15) is 0 Å². The Morgan fingerprint density at radius 1 is 1.26 bits per heavy atom. The molecule has 0 atom stereocenters. The van der Waals surface area contributed by atoms with Gasteiger partial charge in [0.05, 0.1) is 19.0 Å². The van der Waals surface area contributed by atoms with Gasteiger partial charge in [-0.1, -0.05) is 25.0 Å². The Bertz CT molecular complexity index is 964. The molecule has 0 bridgehead atoms. The molecule has 1 aliphatic carbocycles. The second-order valence-electron chi connectivity index (χ2n) is 6.65. The molecule has 0 radical (unpaired) electrons. The maximum absolute atomic E-state index is 11.5. The Balaban J connectivity index is 1.56. The number of nitrogens with zero attached hydrogens (tertiary/aromatic N) is 4. The number of nitrogens with one attached hydrogen (secondary N) is 1. The Kier molecular flexibility index (Phi) is 4.94. The van der Waals surface area contributed by atoms with Crippen LogP contribution < -0.4 is 5.32 Å². The monoisotopic (exact) mass is 385 g/mol. The van der Waals surface area contributed by atoms with Gasteiger partial charge in [-0.2, -0.15) is 9.97 Å². The number of ether oxygens (including phenoxy) is 1. The van der Waals surface area contributed by atoms with Gasteiger partial charge >= 0.3 is 5.97 Å². The lowest BCUT2D eigenvalue weighted by Gasteiger charge is -2.12. The van der Waals surface area contributed by atoms with E-state index in [1.54, 1.807) is 12.1 Å². The van der Waals surface area contributed by atoms with Gasteiger partial charge in [-0.15, -0.1) is 0 Å². The molecule has 3 aromatic rings. The molecule has 7 nitrogen and oxygen atoms in total. The van der Waals surface area contributed by atoms with Gasteiger partial charge in [0.2, 0.25) is 5.28 Å². The number of rotatable bonds is 5. The van der Waals surface area contributed by atoms with E-state index in [0.717, 1.165) is 29.6 Å². The van der Waals surface area contributed by atoms with Crippen molar-refractivity contribution < 1.29 is 9.53 Å². The van der Waals surface area contributed by atoms with Crippen molar-refractivity contribution in [2.75, 3.05) is 12.4 Å². The van der Waals surface area contributed by atoms with Crippen LogP contribution in [-0.2, 0) is 11.3 Å². The number of imidazole rings is 1. The average molecular weight is 386 g/mol. The molecule has 140 valence electrons. The SMILES string of the molecule is COC(=O)c1ccc(CNc2nc(Cl)nc3c2ncn3C2CCCC2)cc1. The smallest absolute Gasteiger partial charge is 0.337 e. The van der Waals surface area contributed by atoms with E-state index in [9.17, 15) is 4.79 Å². The van der Waals surface area contributed by atoms with Crippen molar-refractivity contribution >= 4 is 34.6 Å². The molecule has 2 heterocycles.